The van der Waals surface area contributed by atoms with Gasteiger partial charge in [-0.25, -0.2) is 14.1 Å². The highest BCUT2D eigenvalue weighted by atomic mass is 31.2. The maximum atomic E-state index is 12.4. The Morgan fingerprint density at radius 3 is 2.84 bits per heavy atom. The van der Waals surface area contributed by atoms with E-state index in [1.54, 1.807) is 30.6 Å². The number of phosphoric ester groups is 1. The predicted octanol–water partition coefficient (Wildman–Crippen LogP) is -0.617. The summed E-state index contributed by atoms with van der Waals surface area (Å²) in [6.45, 7) is -1.53. The van der Waals surface area contributed by atoms with Crippen molar-refractivity contribution in [2.24, 2.45) is 0 Å². The number of aliphatic hydroxyl groups excluding tert-OH is 3. The van der Waals surface area contributed by atoms with Crippen molar-refractivity contribution in [3.05, 3.63) is 54.2 Å². The molecule has 4 rings (SSSR count). The molecule has 1 aliphatic heterocycles. The number of nitrogens with two attached hydrogens (primary N) is 1. The maximum absolute atomic E-state index is 12.4. The minimum absolute atomic E-state index is 0.0930. The number of anilines is 1. The molecule has 15 nitrogen and oxygen atoms in total. The summed E-state index contributed by atoms with van der Waals surface area (Å²) in [5, 5.41) is 42.9. The first-order valence-electron chi connectivity index (χ1n) is 11.1. The van der Waals surface area contributed by atoms with Crippen LogP contribution in [0.15, 0.2) is 43.0 Å². The average molecular weight is 538 g/mol. The zero-order valence-electron chi connectivity index (χ0n) is 19.4. The molecule has 37 heavy (non-hydrogen) atoms. The molecular formula is C21H27N6O9P. The highest BCUT2D eigenvalue weighted by Crippen LogP contribution is 2.46. The minimum atomic E-state index is -4.69. The minimum Gasteiger partial charge on any atom is -0.394 e. The molecule has 0 amide bonds. The molecule has 1 saturated heterocycles. The SMILES string of the molecule is N=C[C@@]1(c2ccc3c(N)ncnn23)O[C@H](COP(=O)(O)OC[C@@H](CO)OCc2cccnc2)C(O)C1O. The van der Waals surface area contributed by atoms with Crippen LogP contribution in [0.25, 0.3) is 5.52 Å². The van der Waals surface area contributed by atoms with Gasteiger partial charge in [0.2, 0.25) is 0 Å². The Morgan fingerprint density at radius 2 is 2.14 bits per heavy atom. The Balaban J connectivity index is 1.38. The number of aromatic nitrogens is 4. The van der Waals surface area contributed by atoms with E-state index in [0.29, 0.717) is 5.52 Å². The topological polar surface area (TPSA) is 228 Å². The number of nitrogens with one attached hydrogen (secondary N) is 1. The van der Waals surface area contributed by atoms with Crippen LogP contribution in [0, 0.1) is 5.41 Å². The molecule has 0 bridgehead atoms. The van der Waals surface area contributed by atoms with Crippen molar-refractivity contribution in [2.75, 3.05) is 25.6 Å². The third-order valence-electron chi connectivity index (χ3n) is 5.82. The van der Waals surface area contributed by atoms with Crippen LogP contribution in [0.3, 0.4) is 0 Å². The molecule has 3 aromatic rings. The Labute approximate surface area is 210 Å². The van der Waals surface area contributed by atoms with Gasteiger partial charge in [0.05, 0.1) is 32.1 Å². The largest absolute Gasteiger partial charge is 0.472 e. The van der Waals surface area contributed by atoms with Crippen molar-refractivity contribution >= 4 is 25.4 Å². The van der Waals surface area contributed by atoms with E-state index in [2.05, 4.69) is 15.1 Å². The van der Waals surface area contributed by atoms with Gasteiger partial charge in [-0.05, 0) is 23.8 Å². The van der Waals surface area contributed by atoms with Gasteiger partial charge in [-0.1, -0.05) is 6.07 Å². The van der Waals surface area contributed by atoms with Crippen LogP contribution in [-0.4, -0.2) is 90.2 Å². The molecule has 1 fully saturated rings. The number of ether oxygens (including phenoxy) is 2. The van der Waals surface area contributed by atoms with Gasteiger partial charge in [0.15, 0.2) is 11.4 Å². The summed E-state index contributed by atoms with van der Waals surface area (Å²) in [6.07, 6.45) is -0.350. The third-order valence-corrected chi connectivity index (χ3v) is 6.78. The van der Waals surface area contributed by atoms with Gasteiger partial charge < -0.3 is 40.8 Å². The molecule has 0 saturated carbocycles. The molecule has 0 aliphatic carbocycles. The molecule has 7 N–H and O–H groups in total. The van der Waals surface area contributed by atoms with E-state index in [9.17, 15) is 24.8 Å². The van der Waals surface area contributed by atoms with Gasteiger partial charge in [-0.2, -0.15) is 5.10 Å². The number of fused-ring (bicyclic) bond motifs is 1. The zero-order chi connectivity index (χ0) is 26.6. The van der Waals surface area contributed by atoms with E-state index < -0.39 is 57.7 Å². The first-order chi connectivity index (χ1) is 17.7. The molecule has 6 atom stereocenters. The molecule has 3 unspecified atom stereocenters. The van der Waals surface area contributed by atoms with Gasteiger partial charge in [0.1, 0.15) is 36.3 Å². The van der Waals surface area contributed by atoms with E-state index in [0.717, 1.165) is 11.8 Å². The fourth-order valence-corrected chi connectivity index (χ4v) is 4.63. The molecule has 16 heteroatoms. The van der Waals surface area contributed by atoms with Crippen LogP contribution in [0.2, 0.25) is 0 Å². The first-order valence-corrected chi connectivity index (χ1v) is 12.6. The lowest BCUT2D eigenvalue weighted by Crippen LogP contribution is -2.43. The van der Waals surface area contributed by atoms with E-state index >= 15 is 0 Å². The lowest BCUT2D eigenvalue weighted by atomic mass is 9.92. The zero-order valence-corrected chi connectivity index (χ0v) is 20.3. The van der Waals surface area contributed by atoms with Crippen molar-refractivity contribution in [2.45, 2.75) is 36.6 Å². The van der Waals surface area contributed by atoms with Crippen LogP contribution in [0.4, 0.5) is 5.82 Å². The summed E-state index contributed by atoms with van der Waals surface area (Å²) in [5.74, 6) is 0.151. The van der Waals surface area contributed by atoms with Crippen LogP contribution in [0.5, 0.6) is 0 Å². The lowest BCUT2D eigenvalue weighted by molar-refractivity contribution is -0.0582. The molecule has 0 radical (unpaired) electrons. The van der Waals surface area contributed by atoms with Crippen LogP contribution >= 0.6 is 7.82 Å². The maximum Gasteiger partial charge on any atom is 0.472 e. The van der Waals surface area contributed by atoms with Gasteiger partial charge in [0, 0.05) is 18.6 Å². The summed E-state index contributed by atoms with van der Waals surface area (Å²) >= 11 is 0. The number of hydrogen-bond donors (Lipinski definition) is 6. The number of nitrogen functional groups attached to an aromatic ring is 1. The predicted molar refractivity (Wildman–Crippen MR) is 126 cm³/mol. The number of rotatable bonds is 12. The van der Waals surface area contributed by atoms with E-state index in [4.69, 9.17) is 29.7 Å². The molecular weight excluding hydrogens is 511 g/mol. The number of nitrogens with zero attached hydrogens (tertiary/aromatic N) is 4. The first kappa shape index (κ1) is 27.2. The van der Waals surface area contributed by atoms with Gasteiger partial charge in [-0.3, -0.25) is 14.0 Å². The fraction of sp³-hybridized carbons (Fsp3) is 0.429. The Bertz CT molecular complexity index is 1260. The second kappa shape index (κ2) is 11.3. The summed E-state index contributed by atoms with van der Waals surface area (Å²) in [4.78, 5) is 17.9. The monoisotopic (exact) mass is 538 g/mol. The third kappa shape index (κ3) is 5.70. The van der Waals surface area contributed by atoms with E-state index in [1.807, 2.05) is 0 Å². The molecule has 4 heterocycles. The quantitative estimate of drug-likeness (QED) is 0.125. The Morgan fingerprint density at radius 1 is 1.32 bits per heavy atom. The number of aliphatic hydroxyl groups is 3. The molecule has 3 aromatic heterocycles. The highest BCUT2D eigenvalue weighted by molar-refractivity contribution is 7.47. The highest BCUT2D eigenvalue weighted by Gasteiger charge is 2.56. The fourth-order valence-electron chi connectivity index (χ4n) is 3.87. The van der Waals surface area contributed by atoms with Crippen molar-refractivity contribution in [3.63, 3.8) is 0 Å². The standard InChI is InChI=1S/C21H27N6O9P/c22-11-21(17-4-3-15-20(23)25-12-26-27(15)17)19(30)18(29)16(36-21)10-35-37(31,32)34-9-14(7-28)33-8-13-2-1-5-24-6-13/h1-6,11-12,14,16,18-19,22,28-30H,7-10H2,(H,31,32)(H2,23,25,26)/t14-,16-,18?,19?,21+/m1/s1. The Hall–Kier alpha value is -2.85. The molecule has 0 aromatic carbocycles. The molecule has 0 spiro atoms. The number of pyridine rings is 1. The Kier molecular flexibility index (Phi) is 8.28. The van der Waals surface area contributed by atoms with Crippen LogP contribution in [-0.2, 0) is 35.3 Å². The summed E-state index contributed by atoms with van der Waals surface area (Å²) < 4.78 is 34.9. The van der Waals surface area contributed by atoms with Crippen LogP contribution in [0.1, 0.15) is 11.3 Å². The van der Waals surface area contributed by atoms with Crippen molar-refractivity contribution in [1.82, 2.24) is 19.6 Å². The van der Waals surface area contributed by atoms with Gasteiger partial charge in [0.25, 0.3) is 0 Å². The normalized spacial score (nSPS) is 26.2. The summed E-state index contributed by atoms with van der Waals surface area (Å²) in [7, 11) is -4.69. The average Bonchev–Trinajstić information content (AvgIpc) is 3.44. The second-order valence-electron chi connectivity index (χ2n) is 8.23. The van der Waals surface area contributed by atoms with Crippen molar-refractivity contribution in [1.29, 1.82) is 5.41 Å². The van der Waals surface area contributed by atoms with Crippen LogP contribution < -0.4 is 5.73 Å². The van der Waals surface area contributed by atoms with E-state index in [1.165, 1.54) is 16.9 Å². The lowest BCUT2D eigenvalue weighted by Gasteiger charge is -2.27. The molecule has 1 aliphatic rings. The van der Waals surface area contributed by atoms with E-state index in [-0.39, 0.29) is 18.1 Å². The van der Waals surface area contributed by atoms with Gasteiger partial charge in [-0.15, -0.1) is 0 Å². The van der Waals surface area contributed by atoms with Crippen molar-refractivity contribution in [3.8, 4) is 0 Å². The number of hydrogen-bond acceptors (Lipinski definition) is 13. The summed E-state index contributed by atoms with van der Waals surface area (Å²) in [6, 6.07) is 6.54. The van der Waals surface area contributed by atoms with Gasteiger partial charge >= 0.3 is 7.82 Å². The number of phosphoric acid groups is 1. The second-order valence-corrected chi connectivity index (χ2v) is 9.68. The van der Waals surface area contributed by atoms with Crippen molar-refractivity contribution < 1.29 is 43.3 Å². The molecule has 200 valence electrons. The smallest absolute Gasteiger partial charge is 0.394 e. The summed E-state index contributed by atoms with van der Waals surface area (Å²) in [5.41, 5.74) is 5.29.